The first-order valence-corrected chi connectivity index (χ1v) is 6.33. The van der Waals surface area contributed by atoms with Gasteiger partial charge in [0.05, 0.1) is 11.3 Å². The highest BCUT2D eigenvalue weighted by molar-refractivity contribution is 5.86. The number of halogens is 3. The number of hydrogen-bond acceptors (Lipinski definition) is 1. The molecule has 0 fully saturated rings. The summed E-state index contributed by atoms with van der Waals surface area (Å²) in [4.78, 5) is 4.53. The van der Waals surface area contributed by atoms with E-state index in [0.29, 0.717) is 11.8 Å². The van der Waals surface area contributed by atoms with E-state index in [1.165, 1.54) is 12.1 Å². The first-order chi connectivity index (χ1) is 8.82. The molecule has 1 heterocycles. The van der Waals surface area contributed by atoms with Crippen molar-refractivity contribution >= 4 is 10.8 Å². The van der Waals surface area contributed by atoms with Crippen LogP contribution in [0.4, 0.5) is 13.2 Å². The molecule has 2 rings (SSSR count). The molecule has 0 atom stereocenters. The third kappa shape index (κ3) is 2.72. The number of aromatic nitrogens is 1. The molecule has 0 aliphatic rings. The molecular formula is C15H16F3N. The van der Waals surface area contributed by atoms with Gasteiger partial charge in [-0.25, -0.2) is 0 Å². The first-order valence-electron chi connectivity index (χ1n) is 6.33. The molecule has 1 aromatic heterocycles. The Labute approximate surface area is 110 Å². The van der Waals surface area contributed by atoms with Crippen molar-refractivity contribution in [1.29, 1.82) is 0 Å². The van der Waals surface area contributed by atoms with Crippen LogP contribution in [0.5, 0.6) is 0 Å². The Kier molecular flexibility index (Phi) is 3.52. The van der Waals surface area contributed by atoms with Crippen molar-refractivity contribution in [3.05, 3.63) is 41.2 Å². The maximum Gasteiger partial charge on any atom is 0.416 e. The monoisotopic (exact) mass is 267 g/mol. The van der Waals surface area contributed by atoms with Crippen LogP contribution >= 0.6 is 0 Å². The molecule has 0 aliphatic carbocycles. The first kappa shape index (κ1) is 13.8. The van der Waals surface area contributed by atoms with E-state index >= 15 is 0 Å². The van der Waals surface area contributed by atoms with Crippen LogP contribution in [0.15, 0.2) is 24.3 Å². The van der Waals surface area contributed by atoms with Gasteiger partial charge in [-0.2, -0.15) is 13.2 Å². The number of pyridine rings is 1. The Morgan fingerprint density at radius 1 is 1.16 bits per heavy atom. The highest BCUT2D eigenvalue weighted by Crippen LogP contribution is 2.33. The second-order valence-corrected chi connectivity index (χ2v) is 4.94. The summed E-state index contributed by atoms with van der Waals surface area (Å²) in [7, 11) is 0. The lowest BCUT2D eigenvalue weighted by Gasteiger charge is -2.13. The van der Waals surface area contributed by atoms with Gasteiger partial charge in [0.1, 0.15) is 0 Å². The molecule has 1 aromatic carbocycles. The minimum absolute atomic E-state index is 0.186. The third-order valence-corrected chi connectivity index (χ3v) is 3.15. The number of fused-ring (bicyclic) bond motifs is 1. The van der Waals surface area contributed by atoms with Gasteiger partial charge in [-0.15, -0.1) is 0 Å². The second-order valence-electron chi connectivity index (χ2n) is 4.94. The summed E-state index contributed by atoms with van der Waals surface area (Å²) in [5.41, 5.74) is 1.08. The van der Waals surface area contributed by atoms with Crippen LogP contribution in [0.25, 0.3) is 10.8 Å². The van der Waals surface area contributed by atoms with Crippen LogP contribution < -0.4 is 0 Å². The van der Waals surface area contributed by atoms with Crippen LogP contribution in [0.1, 0.15) is 43.6 Å². The fourth-order valence-electron chi connectivity index (χ4n) is 2.14. The number of aryl methyl sites for hydroxylation is 1. The van der Waals surface area contributed by atoms with Crippen molar-refractivity contribution in [3.63, 3.8) is 0 Å². The Morgan fingerprint density at radius 3 is 2.37 bits per heavy atom. The zero-order valence-corrected chi connectivity index (χ0v) is 11.2. The van der Waals surface area contributed by atoms with Crippen molar-refractivity contribution < 1.29 is 13.2 Å². The molecule has 0 bridgehead atoms. The minimum Gasteiger partial charge on any atom is -0.257 e. The van der Waals surface area contributed by atoms with Crippen molar-refractivity contribution in [3.8, 4) is 0 Å². The van der Waals surface area contributed by atoms with E-state index in [0.717, 1.165) is 22.8 Å². The van der Waals surface area contributed by atoms with Gasteiger partial charge in [-0.1, -0.05) is 26.8 Å². The summed E-state index contributed by atoms with van der Waals surface area (Å²) in [5, 5.41) is 1.42. The molecular weight excluding hydrogens is 251 g/mol. The van der Waals surface area contributed by atoms with Gasteiger partial charge in [0.2, 0.25) is 0 Å². The van der Waals surface area contributed by atoms with Gasteiger partial charge in [0.25, 0.3) is 0 Å². The van der Waals surface area contributed by atoms with Gasteiger partial charge in [-0.3, -0.25) is 4.98 Å². The van der Waals surface area contributed by atoms with E-state index in [4.69, 9.17) is 0 Å². The maximum atomic E-state index is 12.7. The van der Waals surface area contributed by atoms with E-state index in [1.54, 1.807) is 6.07 Å². The van der Waals surface area contributed by atoms with E-state index in [-0.39, 0.29) is 5.92 Å². The lowest BCUT2D eigenvalue weighted by atomic mass is 9.99. The number of rotatable bonds is 2. The molecule has 102 valence electrons. The summed E-state index contributed by atoms with van der Waals surface area (Å²) in [6.45, 7) is 5.95. The molecule has 2 aromatic rings. The molecule has 0 N–H and O–H groups in total. The molecule has 1 nitrogen and oxygen atoms in total. The fourth-order valence-corrected chi connectivity index (χ4v) is 2.14. The number of alkyl halides is 3. The van der Waals surface area contributed by atoms with Gasteiger partial charge in [-0.05, 0) is 35.9 Å². The molecule has 0 saturated carbocycles. The van der Waals surface area contributed by atoms with Gasteiger partial charge < -0.3 is 0 Å². The third-order valence-electron chi connectivity index (χ3n) is 3.15. The maximum absolute atomic E-state index is 12.7. The standard InChI is InChI=1S/C15H16F3N/c1-4-12-8-10-7-11(15(16,17)18)5-6-13(10)14(19-12)9(2)3/h5-9H,4H2,1-3H3. The summed E-state index contributed by atoms with van der Waals surface area (Å²) < 4.78 is 38.2. The summed E-state index contributed by atoms with van der Waals surface area (Å²) in [6, 6.07) is 5.61. The lowest BCUT2D eigenvalue weighted by Crippen LogP contribution is -2.05. The van der Waals surface area contributed by atoms with Crippen molar-refractivity contribution in [2.75, 3.05) is 0 Å². The quantitative estimate of drug-likeness (QED) is 0.751. The molecule has 0 spiro atoms. The number of hydrogen-bond donors (Lipinski definition) is 0. The number of nitrogens with zero attached hydrogens (tertiary/aromatic N) is 1. The van der Waals surface area contributed by atoms with Crippen molar-refractivity contribution in [2.24, 2.45) is 0 Å². The topological polar surface area (TPSA) is 12.9 Å². The summed E-state index contributed by atoms with van der Waals surface area (Å²) in [6.07, 6.45) is -3.59. The van der Waals surface area contributed by atoms with Crippen LogP contribution in [0.3, 0.4) is 0 Å². The lowest BCUT2D eigenvalue weighted by molar-refractivity contribution is -0.137. The average Bonchev–Trinajstić information content (AvgIpc) is 2.35. The Hall–Kier alpha value is -1.58. The van der Waals surface area contributed by atoms with E-state index in [9.17, 15) is 13.2 Å². The molecule has 0 radical (unpaired) electrons. The van der Waals surface area contributed by atoms with Gasteiger partial charge in [0, 0.05) is 11.1 Å². The smallest absolute Gasteiger partial charge is 0.257 e. The molecule has 19 heavy (non-hydrogen) atoms. The predicted molar refractivity (Wildman–Crippen MR) is 70.2 cm³/mol. The Balaban J connectivity index is 2.72. The van der Waals surface area contributed by atoms with E-state index in [2.05, 4.69) is 4.98 Å². The zero-order chi connectivity index (χ0) is 14.2. The Bertz CT molecular complexity index is 600. The van der Waals surface area contributed by atoms with Crippen molar-refractivity contribution in [1.82, 2.24) is 4.98 Å². The highest BCUT2D eigenvalue weighted by atomic mass is 19.4. The summed E-state index contributed by atoms with van der Waals surface area (Å²) >= 11 is 0. The largest absolute Gasteiger partial charge is 0.416 e. The fraction of sp³-hybridized carbons (Fsp3) is 0.400. The van der Waals surface area contributed by atoms with Gasteiger partial charge in [0.15, 0.2) is 0 Å². The summed E-state index contributed by atoms with van der Waals surface area (Å²) in [5.74, 6) is 0.186. The average molecular weight is 267 g/mol. The van der Waals surface area contributed by atoms with E-state index in [1.807, 2.05) is 20.8 Å². The minimum atomic E-state index is -4.30. The van der Waals surface area contributed by atoms with Crippen LogP contribution in [0.2, 0.25) is 0 Å². The molecule has 0 unspecified atom stereocenters. The normalized spacial score (nSPS) is 12.4. The van der Waals surface area contributed by atoms with Crippen molar-refractivity contribution in [2.45, 2.75) is 39.3 Å². The predicted octanol–water partition coefficient (Wildman–Crippen LogP) is 4.94. The molecule has 0 aliphatic heterocycles. The SMILES string of the molecule is CCc1cc2cc(C(F)(F)F)ccc2c(C(C)C)n1. The van der Waals surface area contributed by atoms with Gasteiger partial charge >= 0.3 is 6.18 Å². The van der Waals surface area contributed by atoms with E-state index < -0.39 is 11.7 Å². The number of benzene rings is 1. The molecule has 0 amide bonds. The Morgan fingerprint density at radius 2 is 1.84 bits per heavy atom. The molecule has 4 heteroatoms. The van der Waals surface area contributed by atoms with Crippen LogP contribution in [-0.2, 0) is 12.6 Å². The molecule has 0 saturated heterocycles. The zero-order valence-electron chi connectivity index (χ0n) is 11.2. The van der Waals surface area contributed by atoms with Crippen LogP contribution in [-0.4, -0.2) is 4.98 Å². The van der Waals surface area contributed by atoms with Crippen LogP contribution in [0, 0.1) is 0 Å². The highest BCUT2D eigenvalue weighted by Gasteiger charge is 2.30. The second kappa shape index (κ2) is 4.83.